The summed E-state index contributed by atoms with van der Waals surface area (Å²) in [6.45, 7) is 0.120. The second-order valence-electron chi connectivity index (χ2n) is 5.23. The summed E-state index contributed by atoms with van der Waals surface area (Å²) in [5.74, 6) is -0.515. The van der Waals surface area contributed by atoms with Crippen LogP contribution in [-0.2, 0) is 6.54 Å². The van der Waals surface area contributed by atoms with Crippen molar-refractivity contribution in [2.45, 2.75) is 6.54 Å². The van der Waals surface area contributed by atoms with Crippen LogP contribution >= 0.6 is 11.6 Å². The number of rotatable bonds is 4. The number of aromatic nitrogens is 2. The third-order valence-electron chi connectivity index (χ3n) is 3.49. The highest BCUT2D eigenvalue weighted by atomic mass is 35.5. The molecule has 0 spiro atoms. The molecule has 0 saturated carbocycles. The zero-order valence-corrected chi connectivity index (χ0v) is 13.8. The lowest BCUT2D eigenvalue weighted by Gasteiger charge is -2.10. The van der Waals surface area contributed by atoms with Crippen molar-refractivity contribution in [3.63, 3.8) is 0 Å². The van der Waals surface area contributed by atoms with Gasteiger partial charge in [-0.2, -0.15) is 0 Å². The lowest BCUT2D eigenvalue weighted by Crippen LogP contribution is -2.28. The fraction of sp³-hybridized carbons (Fsp3) is 0.0556. The first kappa shape index (κ1) is 16.9. The van der Waals surface area contributed by atoms with E-state index < -0.39 is 11.8 Å². The molecule has 3 aromatic rings. The summed E-state index contributed by atoms with van der Waals surface area (Å²) in [7, 11) is 0. The Morgan fingerprint density at radius 2 is 1.84 bits per heavy atom. The molecule has 0 aliphatic rings. The van der Waals surface area contributed by atoms with E-state index in [0.29, 0.717) is 11.3 Å². The first-order chi connectivity index (χ1) is 12.1. The second kappa shape index (κ2) is 7.72. The number of nitrogens with one attached hydrogen (secondary N) is 2. The SMILES string of the molecule is O=C(NCc1cccc(F)c1Cl)Nc1cccc(-c2cncnc2)c1. The zero-order valence-electron chi connectivity index (χ0n) is 13.0. The van der Waals surface area contributed by atoms with Crippen LogP contribution in [0.5, 0.6) is 0 Å². The Morgan fingerprint density at radius 1 is 1.08 bits per heavy atom. The van der Waals surface area contributed by atoms with Gasteiger partial charge in [0.1, 0.15) is 12.1 Å². The van der Waals surface area contributed by atoms with E-state index in [2.05, 4.69) is 20.6 Å². The molecule has 1 aromatic heterocycles. The van der Waals surface area contributed by atoms with Gasteiger partial charge >= 0.3 is 6.03 Å². The fourth-order valence-electron chi connectivity index (χ4n) is 2.26. The maximum absolute atomic E-state index is 13.4. The maximum Gasteiger partial charge on any atom is 0.319 e. The van der Waals surface area contributed by atoms with Crippen LogP contribution in [0.1, 0.15) is 5.56 Å². The van der Waals surface area contributed by atoms with Crippen LogP contribution in [0.15, 0.2) is 61.2 Å². The summed E-state index contributed by atoms with van der Waals surface area (Å²) in [6.07, 6.45) is 4.84. The number of hydrogen-bond acceptors (Lipinski definition) is 3. The van der Waals surface area contributed by atoms with Crippen molar-refractivity contribution >= 4 is 23.3 Å². The van der Waals surface area contributed by atoms with Crippen LogP contribution in [0, 0.1) is 5.82 Å². The summed E-state index contributed by atoms with van der Waals surface area (Å²) in [4.78, 5) is 20.0. The topological polar surface area (TPSA) is 66.9 Å². The van der Waals surface area contributed by atoms with Crippen molar-refractivity contribution in [3.05, 3.63) is 77.6 Å². The van der Waals surface area contributed by atoms with Crippen LogP contribution in [0.3, 0.4) is 0 Å². The molecule has 0 fully saturated rings. The Bertz CT molecular complexity index is 889. The molecule has 25 heavy (non-hydrogen) atoms. The number of carbonyl (C=O) groups is 1. The Balaban J connectivity index is 1.64. The molecule has 0 atom stereocenters. The molecule has 0 bridgehead atoms. The predicted octanol–water partition coefficient (Wildman–Crippen LogP) is 4.26. The lowest BCUT2D eigenvalue weighted by molar-refractivity contribution is 0.251. The van der Waals surface area contributed by atoms with Gasteiger partial charge in [-0.3, -0.25) is 0 Å². The van der Waals surface area contributed by atoms with E-state index in [-0.39, 0.29) is 11.6 Å². The van der Waals surface area contributed by atoms with Crippen molar-refractivity contribution in [2.75, 3.05) is 5.32 Å². The largest absolute Gasteiger partial charge is 0.334 e. The molecule has 2 N–H and O–H groups in total. The number of carbonyl (C=O) groups excluding carboxylic acids is 1. The van der Waals surface area contributed by atoms with Crippen LogP contribution < -0.4 is 10.6 Å². The minimum absolute atomic E-state index is 0.00822. The van der Waals surface area contributed by atoms with Crippen molar-refractivity contribution in [1.82, 2.24) is 15.3 Å². The van der Waals surface area contributed by atoms with Gasteiger partial charge in [0, 0.05) is 30.2 Å². The van der Waals surface area contributed by atoms with Gasteiger partial charge in [0.15, 0.2) is 0 Å². The van der Waals surface area contributed by atoms with Crippen molar-refractivity contribution in [1.29, 1.82) is 0 Å². The molecular formula is C18H14ClFN4O. The Morgan fingerprint density at radius 3 is 2.64 bits per heavy atom. The number of nitrogens with zero attached hydrogens (tertiary/aromatic N) is 2. The highest BCUT2D eigenvalue weighted by molar-refractivity contribution is 6.31. The number of benzene rings is 2. The Labute approximate surface area is 148 Å². The van der Waals surface area contributed by atoms with Crippen molar-refractivity contribution in [3.8, 4) is 11.1 Å². The quantitative estimate of drug-likeness (QED) is 0.734. The molecule has 0 saturated heterocycles. The minimum atomic E-state index is -0.515. The number of urea groups is 1. The van der Waals surface area contributed by atoms with Crippen LogP contribution in [0.25, 0.3) is 11.1 Å². The summed E-state index contributed by atoms with van der Waals surface area (Å²) in [5, 5.41) is 5.39. The zero-order chi connectivity index (χ0) is 17.6. The molecule has 1 heterocycles. The average molecular weight is 357 g/mol. The predicted molar refractivity (Wildman–Crippen MR) is 94.7 cm³/mol. The Kier molecular flexibility index (Phi) is 5.20. The van der Waals surface area contributed by atoms with E-state index in [0.717, 1.165) is 11.1 Å². The van der Waals surface area contributed by atoms with Gasteiger partial charge < -0.3 is 10.6 Å². The van der Waals surface area contributed by atoms with Crippen LogP contribution in [0.2, 0.25) is 5.02 Å². The van der Waals surface area contributed by atoms with E-state index in [1.807, 2.05) is 18.2 Å². The smallest absolute Gasteiger partial charge is 0.319 e. The van der Waals surface area contributed by atoms with Gasteiger partial charge in [0.2, 0.25) is 0 Å². The average Bonchev–Trinajstić information content (AvgIpc) is 2.64. The van der Waals surface area contributed by atoms with Gasteiger partial charge in [-0.25, -0.2) is 19.2 Å². The van der Waals surface area contributed by atoms with E-state index in [9.17, 15) is 9.18 Å². The van der Waals surface area contributed by atoms with Crippen molar-refractivity contribution in [2.24, 2.45) is 0 Å². The summed E-state index contributed by atoms with van der Waals surface area (Å²) >= 11 is 5.87. The molecular weight excluding hydrogens is 343 g/mol. The molecule has 126 valence electrons. The lowest BCUT2D eigenvalue weighted by atomic mass is 10.1. The molecule has 0 unspecified atom stereocenters. The van der Waals surface area contributed by atoms with Crippen molar-refractivity contribution < 1.29 is 9.18 Å². The monoisotopic (exact) mass is 356 g/mol. The molecule has 0 radical (unpaired) electrons. The Hall–Kier alpha value is -2.99. The van der Waals surface area contributed by atoms with E-state index in [1.54, 1.807) is 30.6 Å². The third kappa shape index (κ3) is 4.30. The molecule has 7 heteroatoms. The van der Waals surface area contributed by atoms with Gasteiger partial charge in [0.25, 0.3) is 0 Å². The molecule has 2 aromatic carbocycles. The summed E-state index contributed by atoms with van der Waals surface area (Å²) in [6, 6.07) is 11.3. The van der Waals surface area contributed by atoms with Crippen LogP contribution in [-0.4, -0.2) is 16.0 Å². The molecule has 5 nitrogen and oxygen atoms in total. The summed E-state index contributed by atoms with van der Waals surface area (Å²) in [5.41, 5.74) is 2.85. The van der Waals surface area contributed by atoms with E-state index in [4.69, 9.17) is 11.6 Å². The highest BCUT2D eigenvalue weighted by Gasteiger charge is 2.08. The summed E-state index contributed by atoms with van der Waals surface area (Å²) < 4.78 is 13.4. The molecule has 0 aliphatic carbocycles. The first-order valence-electron chi connectivity index (χ1n) is 7.46. The van der Waals surface area contributed by atoms with E-state index in [1.165, 1.54) is 12.4 Å². The molecule has 2 amide bonds. The van der Waals surface area contributed by atoms with Gasteiger partial charge in [-0.15, -0.1) is 0 Å². The van der Waals surface area contributed by atoms with Gasteiger partial charge in [-0.05, 0) is 29.3 Å². The number of hydrogen-bond donors (Lipinski definition) is 2. The second-order valence-corrected chi connectivity index (χ2v) is 5.61. The maximum atomic E-state index is 13.4. The van der Waals surface area contributed by atoms with E-state index >= 15 is 0 Å². The normalized spacial score (nSPS) is 10.3. The molecule has 3 rings (SSSR count). The minimum Gasteiger partial charge on any atom is -0.334 e. The van der Waals surface area contributed by atoms with Gasteiger partial charge in [-0.1, -0.05) is 35.9 Å². The number of halogens is 2. The first-order valence-corrected chi connectivity index (χ1v) is 7.84. The van der Waals surface area contributed by atoms with Gasteiger partial charge in [0.05, 0.1) is 5.02 Å². The highest BCUT2D eigenvalue weighted by Crippen LogP contribution is 2.21. The number of anilines is 1. The standard InChI is InChI=1S/C18H14ClFN4O/c19-17-13(4-2-6-16(17)20)10-23-18(25)24-15-5-1-3-12(7-15)14-8-21-11-22-9-14/h1-9,11H,10H2,(H2,23,24,25). The van der Waals surface area contributed by atoms with Crippen LogP contribution in [0.4, 0.5) is 14.9 Å². The number of amides is 2. The third-order valence-corrected chi connectivity index (χ3v) is 3.91. The molecule has 0 aliphatic heterocycles. The fourth-order valence-corrected chi connectivity index (χ4v) is 2.45.